The van der Waals surface area contributed by atoms with Gasteiger partial charge in [-0.3, -0.25) is 4.79 Å². The molecule has 0 aromatic heterocycles. The second-order valence-corrected chi connectivity index (χ2v) is 5.24. The van der Waals surface area contributed by atoms with Gasteiger partial charge in [-0.05, 0) is 32.4 Å². The van der Waals surface area contributed by atoms with Crippen LogP contribution < -0.4 is 10.6 Å². The van der Waals surface area contributed by atoms with Crippen molar-refractivity contribution in [3.05, 3.63) is 29.3 Å². The highest BCUT2D eigenvalue weighted by atomic mass is 35.5. The molecule has 0 radical (unpaired) electrons. The predicted octanol–water partition coefficient (Wildman–Crippen LogP) is 3.10. The molecule has 104 valence electrons. The number of halogens is 1. The molecule has 3 N–H and O–H groups in total. The van der Waals surface area contributed by atoms with Gasteiger partial charge in [0, 0.05) is 12.0 Å². The van der Waals surface area contributed by atoms with Gasteiger partial charge in [-0.1, -0.05) is 23.7 Å². The second kappa shape index (κ2) is 6.43. The molecule has 0 saturated heterocycles. The Hall–Kier alpha value is -1.75. The fourth-order valence-electron chi connectivity index (χ4n) is 1.51. The molecule has 0 fully saturated rings. The normalized spacial score (nSPS) is 10.9. The van der Waals surface area contributed by atoms with Crippen LogP contribution >= 0.6 is 11.6 Å². The van der Waals surface area contributed by atoms with Gasteiger partial charge in [-0.25, -0.2) is 4.79 Å². The molecule has 0 bridgehead atoms. The lowest BCUT2D eigenvalue weighted by molar-refractivity contribution is -0.137. The molecule has 0 saturated carbocycles. The largest absolute Gasteiger partial charge is 0.481 e. The Morgan fingerprint density at radius 2 is 1.95 bits per heavy atom. The summed E-state index contributed by atoms with van der Waals surface area (Å²) in [6.07, 6.45) is 0.345. The van der Waals surface area contributed by atoms with Crippen molar-refractivity contribution in [2.75, 3.05) is 5.32 Å². The van der Waals surface area contributed by atoms with E-state index >= 15 is 0 Å². The highest BCUT2D eigenvalue weighted by molar-refractivity contribution is 6.33. The maximum atomic E-state index is 11.8. The van der Waals surface area contributed by atoms with Crippen molar-refractivity contribution in [3.8, 4) is 0 Å². The van der Waals surface area contributed by atoms with Gasteiger partial charge in [0.1, 0.15) is 0 Å². The minimum absolute atomic E-state index is 0.000622. The quantitative estimate of drug-likeness (QED) is 0.777. The minimum atomic E-state index is -0.888. The van der Waals surface area contributed by atoms with E-state index in [1.165, 1.54) is 0 Å². The number of amides is 2. The van der Waals surface area contributed by atoms with Crippen LogP contribution in [0.2, 0.25) is 5.02 Å². The topological polar surface area (TPSA) is 78.4 Å². The average Bonchev–Trinajstić information content (AvgIpc) is 2.29. The SMILES string of the molecule is CC(C)(CCC(=O)O)NC(=O)Nc1ccccc1Cl. The molecule has 1 aromatic rings. The zero-order chi connectivity index (χ0) is 14.5. The van der Waals surface area contributed by atoms with Crippen molar-refractivity contribution in [2.45, 2.75) is 32.2 Å². The van der Waals surface area contributed by atoms with Crippen molar-refractivity contribution in [1.29, 1.82) is 0 Å². The van der Waals surface area contributed by atoms with Gasteiger partial charge in [0.25, 0.3) is 0 Å². The van der Waals surface area contributed by atoms with Gasteiger partial charge in [0.15, 0.2) is 0 Å². The molecule has 2 amide bonds. The number of carbonyl (C=O) groups excluding carboxylic acids is 1. The smallest absolute Gasteiger partial charge is 0.319 e. The monoisotopic (exact) mass is 284 g/mol. The summed E-state index contributed by atoms with van der Waals surface area (Å²) in [6.45, 7) is 3.53. The highest BCUT2D eigenvalue weighted by Crippen LogP contribution is 2.20. The first kappa shape index (κ1) is 15.3. The third kappa shape index (κ3) is 5.61. The van der Waals surface area contributed by atoms with Crippen LogP contribution in [0.15, 0.2) is 24.3 Å². The number of hydrogen-bond donors (Lipinski definition) is 3. The molecular formula is C13H17ClN2O3. The van der Waals surface area contributed by atoms with Gasteiger partial charge in [0.05, 0.1) is 10.7 Å². The Kier molecular flexibility index (Phi) is 5.18. The molecule has 5 nitrogen and oxygen atoms in total. The first-order chi connectivity index (χ1) is 8.80. The third-order valence-corrected chi connectivity index (χ3v) is 2.87. The Balaban J connectivity index is 2.55. The van der Waals surface area contributed by atoms with Gasteiger partial charge >= 0.3 is 12.0 Å². The molecule has 0 aliphatic rings. The van der Waals surface area contributed by atoms with Gasteiger partial charge in [0.2, 0.25) is 0 Å². The number of carbonyl (C=O) groups is 2. The summed E-state index contributed by atoms with van der Waals surface area (Å²) in [6, 6.07) is 6.47. The summed E-state index contributed by atoms with van der Waals surface area (Å²) in [5, 5.41) is 14.4. The first-order valence-corrected chi connectivity index (χ1v) is 6.23. The Morgan fingerprint density at radius 1 is 1.32 bits per heavy atom. The van der Waals surface area contributed by atoms with E-state index in [1.54, 1.807) is 38.1 Å². The molecule has 1 rings (SSSR count). The summed E-state index contributed by atoms with van der Waals surface area (Å²) < 4.78 is 0. The van der Waals surface area contributed by atoms with E-state index in [9.17, 15) is 9.59 Å². The molecule has 0 atom stereocenters. The maximum Gasteiger partial charge on any atom is 0.319 e. The zero-order valence-corrected chi connectivity index (χ0v) is 11.6. The first-order valence-electron chi connectivity index (χ1n) is 5.86. The van der Waals surface area contributed by atoms with Crippen molar-refractivity contribution < 1.29 is 14.7 Å². The summed E-state index contributed by atoms with van der Waals surface area (Å²) in [5.74, 6) is -0.888. The maximum absolute atomic E-state index is 11.8. The number of carboxylic acid groups (broad SMARTS) is 1. The number of aliphatic carboxylic acids is 1. The summed E-state index contributed by atoms with van der Waals surface area (Å²) in [7, 11) is 0. The number of nitrogens with one attached hydrogen (secondary N) is 2. The number of anilines is 1. The van der Waals surface area contributed by atoms with E-state index in [4.69, 9.17) is 16.7 Å². The van der Waals surface area contributed by atoms with E-state index in [0.717, 1.165) is 0 Å². The van der Waals surface area contributed by atoms with Crippen LogP contribution in [0.25, 0.3) is 0 Å². The van der Waals surface area contributed by atoms with Crippen molar-refractivity contribution in [1.82, 2.24) is 5.32 Å². The highest BCUT2D eigenvalue weighted by Gasteiger charge is 2.21. The van der Waals surface area contributed by atoms with Gasteiger partial charge in [-0.15, -0.1) is 0 Å². The lowest BCUT2D eigenvalue weighted by atomic mass is 9.99. The second-order valence-electron chi connectivity index (χ2n) is 4.84. The minimum Gasteiger partial charge on any atom is -0.481 e. The van der Waals surface area contributed by atoms with Crippen LogP contribution in [0.1, 0.15) is 26.7 Å². The summed E-state index contributed by atoms with van der Waals surface area (Å²) >= 11 is 5.92. The molecule has 0 heterocycles. The lowest BCUT2D eigenvalue weighted by Gasteiger charge is -2.25. The number of para-hydroxylation sites is 1. The van der Waals surface area contributed by atoms with Crippen LogP contribution in [0.5, 0.6) is 0 Å². The molecule has 0 spiro atoms. The number of benzene rings is 1. The number of urea groups is 1. The van der Waals surface area contributed by atoms with Crippen LogP contribution in [0.4, 0.5) is 10.5 Å². The van der Waals surface area contributed by atoms with E-state index in [2.05, 4.69) is 10.6 Å². The van der Waals surface area contributed by atoms with Crippen molar-refractivity contribution in [2.24, 2.45) is 0 Å². The average molecular weight is 285 g/mol. The Labute approximate surface area is 117 Å². The van der Waals surface area contributed by atoms with Gasteiger partial charge < -0.3 is 15.7 Å². The van der Waals surface area contributed by atoms with Crippen LogP contribution in [-0.2, 0) is 4.79 Å². The number of hydrogen-bond acceptors (Lipinski definition) is 2. The summed E-state index contributed by atoms with van der Waals surface area (Å²) in [4.78, 5) is 22.3. The van der Waals surface area contributed by atoms with Gasteiger partial charge in [-0.2, -0.15) is 0 Å². The van der Waals surface area contributed by atoms with Crippen LogP contribution in [0.3, 0.4) is 0 Å². The Morgan fingerprint density at radius 3 is 2.53 bits per heavy atom. The van der Waals surface area contributed by atoms with E-state index in [-0.39, 0.29) is 6.42 Å². The lowest BCUT2D eigenvalue weighted by Crippen LogP contribution is -2.45. The van der Waals surface area contributed by atoms with E-state index in [0.29, 0.717) is 17.1 Å². The molecule has 19 heavy (non-hydrogen) atoms. The standard InChI is InChI=1S/C13H17ClN2O3/c1-13(2,8-7-11(17)18)16-12(19)15-10-6-4-3-5-9(10)14/h3-6H,7-8H2,1-2H3,(H,17,18)(H2,15,16,19). The third-order valence-electron chi connectivity index (χ3n) is 2.54. The Bertz CT molecular complexity index is 475. The summed E-state index contributed by atoms with van der Waals surface area (Å²) in [5.41, 5.74) is -0.0975. The molecule has 1 aromatic carbocycles. The molecule has 6 heteroatoms. The van der Waals surface area contributed by atoms with Crippen LogP contribution in [-0.4, -0.2) is 22.6 Å². The molecule has 0 aliphatic heterocycles. The molecule has 0 aliphatic carbocycles. The fourth-order valence-corrected chi connectivity index (χ4v) is 1.69. The molecule has 0 unspecified atom stereocenters. The van der Waals surface area contributed by atoms with Crippen LogP contribution in [0, 0.1) is 0 Å². The predicted molar refractivity (Wildman–Crippen MR) is 74.6 cm³/mol. The van der Waals surface area contributed by atoms with Crippen molar-refractivity contribution in [3.63, 3.8) is 0 Å². The van der Waals surface area contributed by atoms with E-state index < -0.39 is 17.5 Å². The fraction of sp³-hybridized carbons (Fsp3) is 0.385. The van der Waals surface area contributed by atoms with Crippen molar-refractivity contribution >= 4 is 29.3 Å². The van der Waals surface area contributed by atoms with E-state index in [1.807, 2.05) is 0 Å². The molecular weight excluding hydrogens is 268 g/mol. The number of rotatable bonds is 5. The zero-order valence-electron chi connectivity index (χ0n) is 10.9. The number of carboxylic acids is 1.